The molecule has 1 heterocycles. The van der Waals surface area contributed by atoms with Crippen LogP contribution in [0.4, 0.5) is 0 Å². The van der Waals surface area contributed by atoms with Crippen molar-refractivity contribution in [2.45, 2.75) is 20.0 Å². The Bertz CT molecular complexity index is 472. The van der Waals surface area contributed by atoms with E-state index in [1.807, 2.05) is 24.5 Å². The van der Waals surface area contributed by atoms with Crippen LogP contribution in [0.5, 0.6) is 0 Å². The lowest BCUT2D eigenvalue weighted by molar-refractivity contribution is 0.199. The summed E-state index contributed by atoms with van der Waals surface area (Å²) in [5, 5.41) is 3.09. The second-order valence-corrected chi connectivity index (χ2v) is 4.75. The maximum absolute atomic E-state index is 5.75. The number of hydrogen-bond acceptors (Lipinski definition) is 4. The minimum atomic E-state index is 0.505. The topological polar surface area (TPSA) is 31.4 Å². The van der Waals surface area contributed by atoms with Gasteiger partial charge in [0.1, 0.15) is 12.4 Å². The van der Waals surface area contributed by atoms with Gasteiger partial charge in [-0.25, -0.2) is 4.98 Å². The minimum Gasteiger partial charge on any atom is -0.504 e. The summed E-state index contributed by atoms with van der Waals surface area (Å²) in [5.74, 6) is 0.861. The van der Waals surface area contributed by atoms with Crippen molar-refractivity contribution >= 4 is 11.3 Å². The maximum atomic E-state index is 5.75. The number of aromatic nitrogens is 1. The molecule has 1 aliphatic carbocycles. The summed E-state index contributed by atoms with van der Waals surface area (Å²) in [7, 11) is 1.65. The molecule has 0 amide bonds. The van der Waals surface area contributed by atoms with Crippen LogP contribution in [0.3, 0.4) is 0 Å². The van der Waals surface area contributed by atoms with Crippen LogP contribution in [0.15, 0.2) is 41.2 Å². The van der Waals surface area contributed by atoms with Gasteiger partial charge in [0.2, 0.25) is 0 Å². The molecule has 17 heavy (non-hydrogen) atoms. The van der Waals surface area contributed by atoms with E-state index in [1.54, 1.807) is 24.7 Å². The van der Waals surface area contributed by atoms with Gasteiger partial charge in [-0.2, -0.15) is 0 Å². The maximum Gasteiger partial charge on any atom is 0.131 e. The van der Waals surface area contributed by atoms with Gasteiger partial charge in [-0.1, -0.05) is 12.2 Å². The monoisotopic (exact) mass is 249 g/mol. The molecule has 0 saturated carbocycles. The van der Waals surface area contributed by atoms with Crippen LogP contribution < -0.4 is 0 Å². The normalized spacial score (nSPS) is 17.1. The van der Waals surface area contributed by atoms with Crippen LogP contribution in [0.25, 0.3) is 0 Å². The van der Waals surface area contributed by atoms with Gasteiger partial charge in [-0.15, -0.1) is 11.3 Å². The van der Waals surface area contributed by atoms with Gasteiger partial charge >= 0.3 is 0 Å². The molecule has 4 heteroatoms. The van der Waals surface area contributed by atoms with Crippen LogP contribution in [0.1, 0.15) is 17.1 Å². The Labute approximate surface area is 105 Å². The molecule has 0 N–H and O–H groups in total. The number of hydrogen-bond donors (Lipinski definition) is 0. The molecule has 0 aromatic carbocycles. The quantitative estimate of drug-likeness (QED) is 0.767. The highest BCUT2D eigenvalue weighted by atomic mass is 32.1. The summed E-state index contributed by atoms with van der Waals surface area (Å²) < 4.78 is 10.8. The molecule has 2 rings (SSSR count). The summed E-state index contributed by atoms with van der Waals surface area (Å²) >= 11 is 1.64. The van der Waals surface area contributed by atoms with Gasteiger partial charge in [-0.05, 0) is 19.4 Å². The first kappa shape index (κ1) is 11.9. The predicted molar refractivity (Wildman–Crippen MR) is 68.6 cm³/mol. The summed E-state index contributed by atoms with van der Waals surface area (Å²) in [4.78, 5) is 4.36. The first-order valence-corrected chi connectivity index (χ1v) is 6.30. The molecule has 1 aliphatic rings. The molecule has 1 aromatic rings. The predicted octanol–water partition coefficient (Wildman–Crippen LogP) is 3.34. The number of rotatable bonds is 4. The average Bonchev–Trinajstić information content (AvgIpc) is 2.74. The molecule has 0 radical (unpaired) electrons. The highest BCUT2D eigenvalue weighted by Gasteiger charge is 2.09. The van der Waals surface area contributed by atoms with E-state index in [0.29, 0.717) is 6.61 Å². The van der Waals surface area contributed by atoms with E-state index in [1.165, 1.54) is 0 Å². The van der Waals surface area contributed by atoms with Gasteiger partial charge < -0.3 is 9.47 Å². The zero-order valence-corrected chi connectivity index (χ0v) is 10.8. The van der Waals surface area contributed by atoms with Crippen molar-refractivity contribution in [1.29, 1.82) is 0 Å². The van der Waals surface area contributed by atoms with Gasteiger partial charge in [0, 0.05) is 11.0 Å². The van der Waals surface area contributed by atoms with Crippen molar-refractivity contribution in [1.82, 2.24) is 4.98 Å². The van der Waals surface area contributed by atoms with Crippen molar-refractivity contribution in [3.63, 3.8) is 0 Å². The smallest absolute Gasteiger partial charge is 0.131 e. The number of aryl methyl sites for hydroxylation is 1. The first-order valence-electron chi connectivity index (χ1n) is 5.42. The Balaban J connectivity index is 2.00. The van der Waals surface area contributed by atoms with Crippen LogP contribution in [-0.2, 0) is 16.1 Å². The fraction of sp³-hybridized carbons (Fsp3) is 0.308. The van der Waals surface area contributed by atoms with E-state index < -0.39 is 0 Å². The SMILES string of the molecule is COC=C1CC=CC=C1OCc1csc(C)n1. The lowest BCUT2D eigenvalue weighted by Gasteiger charge is -2.13. The van der Waals surface area contributed by atoms with E-state index in [2.05, 4.69) is 11.1 Å². The molecule has 0 saturated heterocycles. The van der Waals surface area contributed by atoms with Crippen LogP contribution in [0, 0.1) is 6.92 Å². The second-order valence-electron chi connectivity index (χ2n) is 3.69. The zero-order valence-electron chi connectivity index (χ0n) is 9.97. The zero-order chi connectivity index (χ0) is 12.1. The van der Waals surface area contributed by atoms with E-state index in [9.17, 15) is 0 Å². The molecule has 3 nitrogen and oxygen atoms in total. The Kier molecular flexibility index (Phi) is 3.98. The van der Waals surface area contributed by atoms with Gasteiger partial charge in [0.25, 0.3) is 0 Å². The van der Waals surface area contributed by atoms with Crippen molar-refractivity contribution in [3.05, 3.63) is 51.9 Å². The molecule has 0 unspecified atom stereocenters. The van der Waals surface area contributed by atoms with Crippen molar-refractivity contribution in [3.8, 4) is 0 Å². The van der Waals surface area contributed by atoms with Gasteiger partial charge in [-0.3, -0.25) is 0 Å². The summed E-state index contributed by atoms with van der Waals surface area (Å²) in [5.41, 5.74) is 2.03. The van der Waals surface area contributed by atoms with E-state index in [4.69, 9.17) is 9.47 Å². The molecule has 1 aromatic heterocycles. The van der Waals surface area contributed by atoms with E-state index in [0.717, 1.165) is 28.5 Å². The number of thiazole rings is 1. The van der Waals surface area contributed by atoms with Gasteiger partial charge in [0.05, 0.1) is 24.1 Å². The number of ether oxygens (including phenoxy) is 2. The third-order valence-electron chi connectivity index (χ3n) is 2.34. The molecule has 0 bridgehead atoms. The Hall–Kier alpha value is -1.55. The van der Waals surface area contributed by atoms with Crippen LogP contribution >= 0.6 is 11.3 Å². The summed E-state index contributed by atoms with van der Waals surface area (Å²) in [6.45, 7) is 2.50. The molecule has 0 atom stereocenters. The number of nitrogens with zero attached hydrogens (tertiary/aromatic N) is 1. The molecular weight excluding hydrogens is 234 g/mol. The van der Waals surface area contributed by atoms with E-state index >= 15 is 0 Å². The summed E-state index contributed by atoms with van der Waals surface area (Å²) in [6.07, 6.45) is 8.59. The molecule has 0 spiro atoms. The lowest BCUT2D eigenvalue weighted by Crippen LogP contribution is -2.00. The molecule has 0 aliphatic heterocycles. The Morgan fingerprint density at radius 3 is 3.12 bits per heavy atom. The molecule has 0 fully saturated rings. The number of allylic oxidation sites excluding steroid dienone is 4. The fourth-order valence-corrected chi connectivity index (χ4v) is 2.17. The van der Waals surface area contributed by atoms with Crippen molar-refractivity contribution < 1.29 is 9.47 Å². The lowest BCUT2D eigenvalue weighted by atomic mass is 10.1. The highest BCUT2D eigenvalue weighted by molar-refractivity contribution is 7.09. The van der Waals surface area contributed by atoms with Crippen LogP contribution in [-0.4, -0.2) is 12.1 Å². The van der Waals surface area contributed by atoms with E-state index in [-0.39, 0.29) is 0 Å². The van der Waals surface area contributed by atoms with Crippen molar-refractivity contribution in [2.24, 2.45) is 0 Å². The third-order valence-corrected chi connectivity index (χ3v) is 3.16. The largest absolute Gasteiger partial charge is 0.504 e. The summed E-state index contributed by atoms with van der Waals surface area (Å²) in [6, 6.07) is 0. The van der Waals surface area contributed by atoms with Crippen LogP contribution in [0.2, 0.25) is 0 Å². The Morgan fingerprint density at radius 1 is 1.53 bits per heavy atom. The average molecular weight is 249 g/mol. The third kappa shape index (κ3) is 3.20. The molecular formula is C13H15NO2S. The van der Waals surface area contributed by atoms with Gasteiger partial charge in [0.15, 0.2) is 0 Å². The Morgan fingerprint density at radius 2 is 2.41 bits per heavy atom. The molecule has 90 valence electrons. The number of methoxy groups -OCH3 is 1. The highest BCUT2D eigenvalue weighted by Crippen LogP contribution is 2.22. The van der Waals surface area contributed by atoms with Crippen molar-refractivity contribution in [2.75, 3.05) is 7.11 Å². The second kappa shape index (κ2) is 5.68. The fourth-order valence-electron chi connectivity index (χ4n) is 1.57. The standard InChI is InChI=1S/C13H15NO2S/c1-10-14-12(9-17-10)8-16-13-6-4-3-5-11(13)7-15-2/h3-4,6-7,9H,5,8H2,1-2H3. The first-order chi connectivity index (χ1) is 8.29. The minimum absolute atomic E-state index is 0.505.